The standard InChI is InChI=1S/C10H7N3O5S/c14-6-3-5(11-10(18)12-6)7(15)13-8-4(9(16)17)1-2-19-8/h1-3H,(H,13,15)(H,16,17)(H2,11,12,14,18). The molecule has 2 aromatic heterocycles. The summed E-state index contributed by atoms with van der Waals surface area (Å²) in [6.45, 7) is 0. The van der Waals surface area contributed by atoms with Crippen LogP contribution in [0, 0.1) is 0 Å². The Bertz CT molecular complexity index is 729. The van der Waals surface area contributed by atoms with E-state index in [2.05, 4.69) is 10.3 Å². The second-order valence-corrected chi connectivity index (χ2v) is 4.34. The van der Waals surface area contributed by atoms with Crippen molar-refractivity contribution in [3.8, 4) is 0 Å². The van der Waals surface area contributed by atoms with Gasteiger partial charge in [-0.25, -0.2) is 9.59 Å². The van der Waals surface area contributed by atoms with E-state index in [1.807, 2.05) is 4.98 Å². The number of rotatable bonds is 3. The van der Waals surface area contributed by atoms with E-state index >= 15 is 0 Å². The van der Waals surface area contributed by atoms with Crippen LogP contribution >= 0.6 is 11.3 Å². The van der Waals surface area contributed by atoms with E-state index in [9.17, 15) is 19.2 Å². The number of carboxylic acids is 1. The molecule has 0 unspecified atom stereocenters. The fourth-order valence-corrected chi connectivity index (χ4v) is 2.11. The van der Waals surface area contributed by atoms with Crippen molar-refractivity contribution >= 4 is 28.2 Å². The van der Waals surface area contributed by atoms with E-state index in [1.165, 1.54) is 11.4 Å². The number of amides is 1. The quantitative estimate of drug-likeness (QED) is 0.632. The average Bonchev–Trinajstić information content (AvgIpc) is 2.75. The third kappa shape index (κ3) is 2.77. The summed E-state index contributed by atoms with van der Waals surface area (Å²) in [5.74, 6) is -1.95. The molecule has 19 heavy (non-hydrogen) atoms. The van der Waals surface area contributed by atoms with E-state index in [4.69, 9.17) is 5.11 Å². The first-order valence-corrected chi connectivity index (χ1v) is 5.81. The lowest BCUT2D eigenvalue weighted by Gasteiger charge is -2.03. The van der Waals surface area contributed by atoms with Crippen molar-refractivity contribution < 1.29 is 14.7 Å². The molecular weight excluding hydrogens is 274 g/mol. The number of H-pyrrole nitrogens is 2. The smallest absolute Gasteiger partial charge is 0.338 e. The average molecular weight is 281 g/mol. The molecule has 0 bridgehead atoms. The van der Waals surface area contributed by atoms with Gasteiger partial charge < -0.3 is 15.4 Å². The van der Waals surface area contributed by atoms with E-state index < -0.39 is 23.1 Å². The topological polar surface area (TPSA) is 132 Å². The molecule has 8 nitrogen and oxygen atoms in total. The van der Waals surface area contributed by atoms with Crippen LogP contribution in [0.4, 0.5) is 5.00 Å². The van der Waals surface area contributed by atoms with Gasteiger partial charge in [0.15, 0.2) is 0 Å². The summed E-state index contributed by atoms with van der Waals surface area (Å²) >= 11 is 1.02. The van der Waals surface area contributed by atoms with Gasteiger partial charge in [-0.2, -0.15) is 0 Å². The maximum atomic E-state index is 11.8. The van der Waals surface area contributed by atoms with Crippen LogP contribution in [0.1, 0.15) is 20.8 Å². The number of thiophene rings is 1. The second kappa shape index (κ2) is 4.90. The van der Waals surface area contributed by atoms with Crippen molar-refractivity contribution in [2.24, 2.45) is 0 Å². The van der Waals surface area contributed by atoms with Crippen molar-refractivity contribution in [2.75, 3.05) is 5.32 Å². The molecule has 0 aromatic carbocycles. The van der Waals surface area contributed by atoms with Crippen LogP contribution in [0.3, 0.4) is 0 Å². The van der Waals surface area contributed by atoms with Crippen LogP contribution in [0.25, 0.3) is 0 Å². The van der Waals surface area contributed by atoms with Gasteiger partial charge in [0.1, 0.15) is 10.7 Å². The predicted molar refractivity (Wildman–Crippen MR) is 66.9 cm³/mol. The number of hydrogen-bond donors (Lipinski definition) is 4. The highest BCUT2D eigenvalue weighted by atomic mass is 32.1. The number of hydrogen-bond acceptors (Lipinski definition) is 5. The summed E-state index contributed by atoms with van der Waals surface area (Å²) in [6.07, 6.45) is 0. The minimum absolute atomic E-state index is 0.0643. The molecule has 0 saturated heterocycles. The van der Waals surface area contributed by atoms with E-state index in [0.717, 1.165) is 17.4 Å². The Hall–Kier alpha value is -2.68. The van der Waals surface area contributed by atoms with Crippen molar-refractivity contribution in [1.29, 1.82) is 0 Å². The van der Waals surface area contributed by atoms with E-state index in [-0.39, 0.29) is 16.3 Å². The Morgan fingerprint density at radius 3 is 2.63 bits per heavy atom. The van der Waals surface area contributed by atoms with Crippen LogP contribution < -0.4 is 16.6 Å². The van der Waals surface area contributed by atoms with Crippen LogP contribution in [-0.4, -0.2) is 27.0 Å². The summed E-state index contributed by atoms with van der Waals surface area (Å²) < 4.78 is 0. The predicted octanol–water partition coefficient (Wildman–Crippen LogP) is 0.0752. The minimum atomic E-state index is -1.18. The number of aromatic nitrogens is 2. The molecule has 1 amide bonds. The number of carboxylic acid groups (broad SMARTS) is 1. The van der Waals surface area contributed by atoms with Gasteiger partial charge in [-0.3, -0.25) is 14.6 Å². The van der Waals surface area contributed by atoms with Crippen molar-refractivity contribution in [1.82, 2.24) is 9.97 Å². The molecule has 0 atom stereocenters. The Balaban J connectivity index is 2.31. The fraction of sp³-hybridized carbons (Fsp3) is 0. The van der Waals surface area contributed by atoms with Gasteiger partial charge in [0.2, 0.25) is 0 Å². The summed E-state index contributed by atoms with van der Waals surface area (Å²) in [6, 6.07) is 2.24. The third-order valence-electron chi connectivity index (χ3n) is 2.13. The van der Waals surface area contributed by atoms with Crippen LogP contribution in [0.15, 0.2) is 27.1 Å². The van der Waals surface area contributed by atoms with Crippen LogP contribution in [0.2, 0.25) is 0 Å². The van der Waals surface area contributed by atoms with Gasteiger partial charge in [0.05, 0.1) is 5.56 Å². The van der Waals surface area contributed by atoms with Crippen molar-refractivity contribution in [3.63, 3.8) is 0 Å². The molecule has 0 fully saturated rings. The summed E-state index contributed by atoms with van der Waals surface area (Å²) in [5.41, 5.74) is -1.86. The summed E-state index contributed by atoms with van der Waals surface area (Å²) in [4.78, 5) is 48.7. The highest BCUT2D eigenvalue weighted by Crippen LogP contribution is 2.23. The summed E-state index contributed by atoms with van der Waals surface area (Å²) in [7, 11) is 0. The first-order chi connectivity index (χ1) is 8.97. The molecule has 9 heteroatoms. The molecule has 2 aromatic rings. The molecule has 0 aliphatic carbocycles. The molecule has 2 heterocycles. The lowest BCUT2D eigenvalue weighted by molar-refractivity contribution is 0.0698. The third-order valence-corrected chi connectivity index (χ3v) is 2.96. The van der Waals surface area contributed by atoms with E-state index in [1.54, 1.807) is 0 Å². The number of carbonyl (C=O) groups excluding carboxylic acids is 1. The number of carbonyl (C=O) groups is 2. The largest absolute Gasteiger partial charge is 0.478 e. The molecule has 0 saturated carbocycles. The lowest BCUT2D eigenvalue weighted by atomic mass is 10.3. The van der Waals surface area contributed by atoms with Gasteiger partial charge in [0.25, 0.3) is 11.5 Å². The van der Waals surface area contributed by atoms with Crippen molar-refractivity contribution in [3.05, 3.63) is 49.6 Å². The Labute approximate surface area is 108 Å². The zero-order valence-electron chi connectivity index (χ0n) is 9.22. The van der Waals surface area contributed by atoms with Gasteiger partial charge >= 0.3 is 11.7 Å². The SMILES string of the molecule is O=C(Nc1sccc1C(=O)O)c1cc(=O)[nH]c(=O)[nH]1. The molecule has 0 spiro atoms. The van der Waals surface area contributed by atoms with Crippen LogP contribution in [-0.2, 0) is 0 Å². The van der Waals surface area contributed by atoms with Crippen LogP contribution in [0.5, 0.6) is 0 Å². The Morgan fingerprint density at radius 2 is 2.00 bits per heavy atom. The highest BCUT2D eigenvalue weighted by Gasteiger charge is 2.15. The molecule has 0 aliphatic rings. The number of aromatic carboxylic acids is 1. The normalized spacial score (nSPS) is 10.1. The zero-order valence-corrected chi connectivity index (χ0v) is 10.0. The fourth-order valence-electron chi connectivity index (χ4n) is 1.34. The molecule has 4 N–H and O–H groups in total. The lowest BCUT2D eigenvalue weighted by Crippen LogP contribution is -2.27. The molecule has 0 radical (unpaired) electrons. The van der Waals surface area contributed by atoms with Crippen molar-refractivity contribution in [2.45, 2.75) is 0 Å². The first-order valence-electron chi connectivity index (χ1n) is 4.93. The molecule has 2 rings (SSSR count). The van der Waals surface area contributed by atoms with Gasteiger partial charge in [-0.15, -0.1) is 11.3 Å². The van der Waals surface area contributed by atoms with Gasteiger partial charge in [-0.05, 0) is 11.4 Å². The molecule has 0 aliphatic heterocycles. The molecule has 98 valence electrons. The maximum Gasteiger partial charge on any atom is 0.338 e. The molecular formula is C10H7N3O5S. The second-order valence-electron chi connectivity index (χ2n) is 3.42. The minimum Gasteiger partial charge on any atom is -0.478 e. The number of anilines is 1. The Morgan fingerprint density at radius 1 is 1.26 bits per heavy atom. The van der Waals surface area contributed by atoms with Gasteiger partial charge in [-0.1, -0.05) is 0 Å². The number of aromatic amines is 2. The van der Waals surface area contributed by atoms with Gasteiger partial charge in [0, 0.05) is 6.07 Å². The monoisotopic (exact) mass is 281 g/mol. The van der Waals surface area contributed by atoms with E-state index in [0.29, 0.717) is 0 Å². The first kappa shape index (κ1) is 12.8. The zero-order chi connectivity index (χ0) is 14.0. The highest BCUT2D eigenvalue weighted by molar-refractivity contribution is 7.14. The summed E-state index contributed by atoms with van der Waals surface area (Å²) in [5, 5.41) is 12.8. The maximum absolute atomic E-state index is 11.8. The Kier molecular flexibility index (Phi) is 3.29. The number of nitrogens with one attached hydrogen (secondary N) is 3.